The van der Waals surface area contributed by atoms with E-state index >= 15 is 0 Å². The van der Waals surface area contributed by atoms with Gasteiger partial charge in [-0.2, -0.15) is 0 Å². The predicted molar refractivity (Wildman–Crippen MR) is 87.9 cm³/mol. The second-order valence-electron chi connectivity index (χ2n) is 6.12. The lowest BCUT2D eigenvalue weighted by atomic mass is 10.1. The highest BCUT2D eigenvalue weighted by Crippen LogP contribution is 2.29. The van der Waals surface area contributed by atoms with E-state index in [1.54, 1.807) is 0 Å². The molecule has 0 bridgehead atoms. The molecule has 4 rings (SSSR count). The number of aromatic nitrogens is 2. The molecule has 1 saturated carbocycles. The molecule has 0 amide bonds. The molecule has 2 heterocycles. The van der Waals surface area contributed by atoms with Crippen LogP contribution < -0.4 is 5.32 Å². The molecule has 2 aromatic rings. The van der Waals surface area contributed by atoms with E-state index in [0.29, 0.717) is 11.2 Å². The highest BCUT2D eigenvalue weighted by molar-refractivity contribution is 6.31. The Kier molecular flexibility index (Phi) is 3.72. The van der Waals surface area contributed by atoms with Gasteiger partial charge in [-0.25, -0.2) is 9.97 Å². The Morgan fingerprint density at radius 3 is 2.73 bits per heavy atom. The van der Waals surface area contributed by atoms with Gasteiger partial charge in [0.25, 0.3) is 0 Å². The summed E-state index contributed by atoms with van der Waals surface area (Å²) in [4.78, 5) is 11.7. The first kappa shape index (κ1) is 14.0. The lowest BCUT2D eigenvalue weighted by molar-refractivity contribution is 0.239. The normalized spacial score (nSPS) is 18.0. The van der Waals surface area contributed by atoms with Crippen LogP contribution in [-0.4, -0.2) is 27.5 Å². The fourth-order valence-corrected chi connectivity index (χ4v) is 3.05. The van der Waals surface area contributed by atoms with Crippen LogP contribution >= 0.6 is 11.6 Å². The first-order chi connectivity index (χ1) is 10.8. The number of hydrogen-bond donors (Lipinski definition) is 1. The van der Waals surface area contributed by atoms with E-state index in [9.17, 15) is 0 Å². The van der Waals surface area contributed by atoms with Crippen molar-refractivity contribution in [1.29, 1.82) is 0 Å². The number of rotatable bonds is 4. The highest BCUT2D eigenvalue weighted by Gasteiger charge is 2.25. The van der Waals surface area contributed by atoms with E-state index in [1.165, 1.54) is 18.4 Å². The molecule has 2 aliphatic rings. The lowest BCUT2D eigenvalue weighted by Crippen LogP contribution is -2.31. The molecule has 22 heavy (non-hydrogen) atoms. The molecule has 0 radical (unpaired) electrons. The summed E-state index contributed by atoms with van der Waals surface area (Å²) in [5.74, 6) is 0.763. The molecule has 1 aromatic carbocycles. The average Bonchev–Trinajstić information content (AvgIpc) is 3.33. The molecule has 1 aliphatic carbocycles. The van der Waals surface area contributed by atoms with Crippen molar-refractivity contribution in [3.05, 3.63) is 52.4 Å². The maximum atomic E-state index is 6.29. The van der Waals surface area contributed by atoms with Gasteiger partial charge >= 0.3 is 0 Å². The van der Waals surface area contributed by atoms with Gasteiger partial charge in [0.15, 0.2) is 11.0 Å². The molecule has 1 N–H and O–H groups in total. The molecular formula is C17H19ClN4. The number of hydrogen-bond acceptors (Lipinski definition) is 4. The van der Waals surface area contributed by atoms with Gasteiger partial charge in [-0.15, -0.1) is 0 Å². The van der Waals surface area contributed by atoms with Gasteiger partial charge in [0.2, 0.25) is 0 Å². The Morgan fingerprint density at radius 1 is 1.14 bits per heavy atom. The summed E-state index contributed by atoms with van der Waals surface area (Å²) in [6.45, 7) is 2.78. The molecular weight excluding hydrogens is 296 g/mol. The van der Waals surface area contributed by atoms with Crippen molar-refractivity contribution >= 4 is 17.4 Å². The Balaban J connectivity index is 1.49. The van der Waals surface area contributed by atoms with Crippen LogP contribution in [0, 0.1) is 0 Å². The van der Waals surface area contributed by atoms with Crippen molar-refractivity contribution < 1.29 is 0 Å². The van der Waals surface area contributed by atoms with Crippen LogP contribution in [0.25, 0.3) is 0 Å². The van der Waals surface area contributed by atoms with E-state index in [0.717, 1.165) is 43.3 Å². The van der Waals surface area contributed by atoms with E-state index in [-0.39, 0.29) is 0 Å². The first-order valence-electron chi connectivity index (χ1n) is 7.86. The second-order valence-corrected chi connectivity index (χ2v) is 6.48. The van der Waals surface area contributed by atoms with Crippen molar-refractivity contribution in [3.63, 3.8) is 0 Å². The van der Waals surface area contributed by atoms with Crippen molar-refractivity contribution in [2.75, 3.05) is 11.9 Å². The van der Waals surface area contributed by atoms with Crippen LogP contribution in [0.4, 0.5) is 5.82 Å². The van der Waals surface area contributed by atoms with Gasteiger partial charge in [-0.05, 0) is 18.4 Å². The van der Waals surface area contributed by atoms with Gasteiger partial charge < -0.3 is 5.32 Å². The zero-order chi connectivity index (χ0) is 14.9. The van der Waals surface area contributed by atoms with Crippen molar-refractivity contribution in [2.45, 2.75) is 38.4 Å². The number of halogens is 1. The summed E-state index contributed by atoms with van der Waals surface area (Å²) in [6, 6.07) is 11.1. The lowest BCUT2D eigenvalue weighted by Gasteiger charge is -2.28. The van der Waals surface area contributed by atoms with Crippen LogP contribution in [-0.2, 0) is 19.5 Å². The summed E-state index contributed by atoms with van der Waals surface area (Å²) < 4.78 is 0. The fourth-order valence-electron chi connectivity index (χ4n) is 2.85. The minimum atomic E-state index is 0.507. The maximum Gasteiger partial charge on any atom is 0.171 e. The molecule has 0 unspecified atom stereocenters. The molecule has 4 nitrogen and oxygen atoms in total. The summed E-state index contributed by atoms with van der Waals surface area (Å²) in [6.07, 6.45) is 3.35. The zero-order valence-electron chi connectivity index (χ0n) is 12.4. The monoisotopic (exact) mass is 314 g/mol. The van der Waals surface area contributed by atoms with Crippen LogP contribution in [0.15, 0.2) is 30.3 Å². The minimum Gasteiger partial charge on any atom is -0.365 e. The van der Waals surface area contributed by atoms with Gasteiger partial charge in [-0.1, -0.05) is 41.9 Å². The molecule has 0 spiro atoms. The van der Waals surface area contributed by atoms with Crippen molar-refractivity contribution in [1.82, 2.24) is 14.9 Å². The van der Waals surface area contributed by atoms with Crippen LogP contribution in [0.1, 0.15) is 29.8 Å². The average molecular weight is 315 g/mol. The molecule has 1 aromatic heterocycles. The van der Waals surface area contributed by atoms with E-state index < -0.39 is 0 Å². The van der Waals surface area contributed by atoms with E-state index in [4.69, 9.17) is 16.6 Å². The largest absolute Gasteiger partial charge is 0.365 e. The quantitative estimate of drug-likeness (QED) is 0.940. The number of nitrogens with zero attached hydrogens (tertiary/aromatic N) is 3. The van der Waals surface area contributed by atoms with Crippen LogP contribution in [0.2, 0.25) is 5.15 Å². The summed E-state index contributed by atoms with van der Waals surface area (Å²) in [7, 11) is 0. The molecule has 114 valence electrons. The Labute approximate surface area is 135 Å². The smallest absolute Gasteiger partial charge is 0.171 e. The zero-order valence-corrected chi connectivity index (χ0v) is 13.2. The number of nitrogens with one attached hydrogen (secondary N) is 1. The van der Waals surface area contributed by atoms with Crippen LogP contribution in [0.5, 0.6) is 0 Å². The SMILES string of the molecule is Clc1nc2c(nc1NC1CC1)CCN(Cc1ccccc1)C2. The maximum absolute atomic E-state index is 6.29. The van der Waals surface area contributed by atoms with Gasteiger partial charge in [-0.3, -0.25) is 4.90 Å². The van der Waals surface area contributed by atoms with Gasteiger partial charge in [0.1, 0.15) is 0 Å². The predicted octanol–water partition coefficient (Wildman–Crippen LogP) is 3.26. The number of fused-ring (bicyclic) bond motifs is 1. The number of anilines is 1. The molecule has 0 saturated heterocycles. The third-order valence-electron chi connectivity index (χ3n) is 4.21. The molecule has 0 atom stereocenters. The number of benzene rings is 1. The van der Waals surface area contributed by atoms with Gasteiger partial charge in [0.05, 0.1) is 11.4 Å². The Hall–Kier alpha value is -1.65. The summed E-state index contributed by atoms with van der Waals surface area (Å²) in [5, 5.41) is 3.87. The third-order valence-corrected chi connectivity index (χ3v) is 4.48. The van der Waals surface area contributed by atoms with Crippen molar-refractivity contribution in [2.24, 2.45) is 0 Å². The topological polar surface area (TPSA) is 41.1 Å². The summed E-state index contributed by atoms with van der Waals surface area (Å²) in [5.41, 5.74) is 3.45. The third kappa shape index (κ3) is 3.08. The Morgan fingerprint density at radius 2 is 1.95 bits per heavy atom. The van der Waals surface area contributed by atoms with Crippen LogP contribution in [0.3, 0.4) is 0 Å². The summed E-state index contributed by atoms with van der Waals surface area (Å²) >= 11 is 6.29. The van der Waals surface area contributed by atoms with E-state index in [2.05, 4.69) is 45.5 Å². The first-order valence-corrected chi connectivity index (χ1v) is 8.24. The second kappa shape index (κ2) is 5.86. The van der Waals surface area contributed by atoms with Gasteiger partial charge in [0, 0.05) is 32.1 Å². The molecule has 5 heteroatoms. The van der Waals surface area contributed by atoms with E-state index in [1.807, 2.05) is 0 Å². The Bertz CT molecular complexity index is 670. The molecule has 1 aliphatic heterocycles. The minimum absolute atomic E-state index is 0.507. The highest BCUT2D eigenvalue weighted by atomic mass is 35.5. The fraction of sp³-hybridized carbons (Fsp3) is 0.412. The van der Waals surface area contributed by atoms with Crippen molar-refractivity contribution in [3.8, 4) is 0 Å². The molecule has 1 fully saturated rings. The standard InChI is InChI=1S/C17H19ClN4/c18-16-17(19-13-6-7-13)21-14-8-9-22(11-15(14)20-16)10-12-4-2-1-3-5-12/h1-5,13H,6-11H2,(H,19,21).